The Morgan fingerprint density at radius 1 is 0.203 bits per heavy atom. The molecule has 12 heteroatoms. The van der Waals surface area contributed by atoms with Gasteiger partial charge in [-0.15, -0.1) is 22.7 Å². The van der Waals surface area contributed by atoms with Crippen molar-refractivity contribution in [3.63, 3.8) is 0 Å². The number of hydrogen-bond donors (Lipinski definition) is 0. The first-order valence-corrected chi connectivity index (χ1v) is 41.2. The standard InChI is InChI=1S/C106H58N8O2S2/c1-3-24-62-53-87-79(51-60(62)22-1)70-28-7-12-38-85(70)113(87)89-55-81-72-30-9-14-40-91(72)115-92(81)57-83(89)105-108-101(107-103(111-105)77-36-19-43-96-98(77)75-31-10-15-41-94(75)117-96)67-48-46-64-49-66(47-45-65(64)50-67)69-33-18-34-73-82-56-90(114-86-39-13-8-29-71(86)80-52-61-23-2-4-25-63(61)54-88(80)114)84(58-93(82)116-100(69)73)106-110-102(74-35-17-26-59-21-5-6-27-68(59)74)109-104(112-106)78-37-20-44-97-99(78)76-32-11-16-42-95(76)118-97/h1-58H. The van der Waals surface area contributed by atoms with Crippen LogP contribution in [0.2, 0.25) is 0 Å². The van der Waals surface area contributed by atoms with Crippen LogP contribution >= 0.6 is 22.7 Å². The lowest BCUT2D eigenvalue weighted by Crippen LogP contribution is -2.04. The summed E-state index contributed by atoms with van der Waals surface area (Å²) in [4.78, 5) is 33.8. The molecule has 0 aliphatic carbocycles. The molecular weight excluding hydrogens is 1480 g/mol. The number of benzene rings is 18. The monoisotopic (exact) mass is 1540 g/mol. The molecule has 10 nitrogen and oxygen atoms in total. The second-order valence-electron chi connectivity index (χ2n) is 30.7. The predicted octanol–water partition coefficient (Wildman–Crippen LogP) is 29.1. The third kappa shape index (κ3) is 9.85. The first-order chi connectivity index (χ1) is 58.4. The Morgan fingerprint density at radius 2 is 0.593 bits per heavy atom. The number of thiophene rings is 2. The highest BCUT2D eigenvalue weighted by Gasteiger charge is 2.28. The molecular formula is C106H58N8O2S2. The molecule has 0 saturated carbocycles. The summed E-state index contributed by atoms with van der Waals surface area (Å²) < 4.78 is 23.8. The Balaban J connectivity index is 0.666. The normalized spacial score (nSPS) is 12.2. The topological polar surface area (TPSA) is 113 Å². The maximum Gasteiger partial charge on any atom is 0.166 e. The average molecular weight is 1540 g/mol. The third-order valence-electron chi connectivity index (χ3n) is 24.2. The van der Waals surface area contributed by atoms with E-state index in [1.54, 1.807) is 22.7 Å². The SMILES string of the molecule is c1ccc2cc3c(cc2c1)c1ccccc1n3-c1cc2c(cc1-c1nc(-c3ccc4cc(-c5cccc6c5oc5cc(-c7nc(-c8cccc9ccccc89)nc(-c8cccc9sc%10ccccc%10c89)n7)c(-n7c8ccccc8c8cc9ccccc9cc87)cc56)ccc4c3)nc(-c3cccc4sc5ccccc5c34)n1)oc1ccccc12. The van der Waals surface area contributed by atoms with Crippen LogP contribution in [-0.2, 0) is 0 Å². The minimum Gasteiger partial charge on any atom is -0.456 e. The van der Waals surface area contributed by atoms with Crippen LogP contribution in [0.4, 0.5) is 0 Å². The van der Waals surface area contributed by atoms with Crippen LogP contribution in [0, 0.1) is 0 Å². The van der Waals surface area contributed by atoms with Gasteiger partial charge in [0.25, 0.3) is 0 Å². The van der Waals surface area contributed by atoms with Crippen LogP contribution in [0.1, 0.15) is 0 Å². The molecule has 0 atom stereocenters. The second-order valence-corrected chi connectivity index (χ2v) is 32.9. The maximum absolute atomic E-state index is 7.44. The van der Waals surface area contributed by atoms with Crippen molar-refractivity contribution in [1.29, 1.82) is 0 Å². The van der Waals surface area contributed by atoms with E-state index in [1.807, 2.05) is 12.1 Å². The number of aromatic nitrogens is 8. The average Bonchev–Trinajstić information content (AvgIpc) is 1.56. The van der Waals surface area contributed by atoms with E-state index in [0.29, 0.717) is 40.5 Å². The van der Waals surface area contributed by atoms with Crippen LogP contribution in [0.25, 0.3) is 262 Å². The molecule has 546 valence electrons. The van der Waals surface area contributed by atoms with Gasteiger partial charge in [0.05, 0.1) is 33.4 Å². The second kappa shape index (κ2) is 25.1. The molecule has 118 heavy (non-hydrogen) atoms. The molecule has 0 N–H and O–H groups in total. The summed E-state index contributed by atoms with van der Waals surface area (Å²) >= 11 is 3.57. The lowest BCUT2D eigenvalue weighted by molar-refractivity contribution is 0.669. The van der Waals surface area contributed by atoms with Gasteiger partial charge in [-0.05, 0) is 152 Å². The van der Waals surface area contributed by atoms with E-state index in [-0.39, 0.29) is 0 Å². The fourth-order valence-electron chi connectivity index (χ4n) is 18.8. The highest BCUT2D eigenvalue weighted by atomic mass is 32.1. The minimum atomic E-state index is 0.516. The summed E-state index contributed by atoms with van der Waals surface area (Å²) in [6, 6.07) is 126. The van der Waals surface area contributed by atoms with Crippen LogP contribution < -0.4 is 0 Å². The molecule has 0 bridgehead atoms. The Labute approximate surface area is 679 Å². The fourth-order valence-corrected chi connectivity index (χ4v) is 21.0. The molecule has 8 heterocycles. The van der Waals surface area contributed by atoms with Crippen molar-refractivity contribution in [2.75, 3.05) is 0 Å². The predicted molar refractivity (Wildman–Crippen MR) is 490 cm³/mol. The molecule has 0 amide bonds. The Kier molecular flexibility index (Phi) is 13.8. The summed E-state index contributed by atoms with van der Waals surface area (Å²) in [6.07, 6.45) is 0. The first kappa shape index (κ1) is 65.1. The zero-order chi connectivity index (χ0) is 77.0. The highest BCUT2D eigenvalue weighted by molar-refractivity contribution is 7.26. The van der Waals surface area contributed by atoms with Crippen LogP contribution in [0.5, 0.6) is 0 Å². The van der Waals surface area contributed by atoms with Crippen molar-refractivity contribution < 1.29 is 8.83 Å². The summed E-state index contributed by atoms with van der Waals surface area (Å²) in [7, 11) is 0. The Morgan fingerprint density at radius 3 is 1.19 bits per heavy atom. The van der Waals surface area contributed by atoms with Gasteiger partial charge in [-0.1, -0.05) is 249 Å². The highest BCUT2D eigenvalue weighted by Crippen LogP contribution is 2.49. The van der Waals surface area contributed by atoms with Gasteiger partial charge in [0.2, 0.25) is 0 Å². The van der Waals surface area contributed by atoms with Gasteiger partial charge in [-0.2, -0.15) is 0 Å². The quantitative estimate of drug-likeness (QED) is 0.140. The number of para-hydroxylation sites is 4. The van der Waals surface area contributed by atoms with Crippen molar-refractivity contribution in [2.45, 2.75) is 0 Å². The van der Waals surface area contributed by atoms with E-state index < -0.39 is 0 Å². The van der Waals surface area contributed by atoms with E-state index in [1.165, 1.54) is 20.2 Å². The third-order valence-corrected chi connectivity index (χ3v) is 26.4. The molecule has 8 aromatic heterocycles. The van der Waals surface area contributed by atoms with E-state index in [0.717, 1.165) is 201 Å². The zero-order valence-electron chi connectivity index (χ0n) is 62.7. The molecule has 0 aliphatic heterocycles. The van der Waals surface area contributed by atoms with Crippen molar-refractivity contribution in [3.05, 3.63) is 352 Å². The fraction of sp³-hybridized carbons (Fsp3) is 0. The summed E-state index contributed by atoms with van der Waals surface area (Å²) in [5.41, 5.74) is 16.3. The zero-order valence-corrected chi connectivity index (χ0v) is 64.3. The van der Waals surface area contributed by atoms with Crippen molar-refractivity contribution in [1.82, 2.24) is 39.0 Å². The van der Waals surface area contributed by atoms with E-state index in [4.69, 9.17) is 38.7 Å². The van der Waals surface area contributed by atoms with Gasteiger partial charge in [-0.25, -0.2) is 29.9 Å². The van der Waals surface area contributed by atoms with Gasteiger partial charge in [0.1, 0.15) is 22.3 Å². The smallest absolute Gasteiger partial charge is 0.166 e. The summed E-state index contributed by atoms with van der Waals surface area (Å²) in [5, 5.41) is 21.9. The largest absolute Gasteiger partial charge is 0.456 e. The van der Waals surface area contributed by atoms with Crippen LogP contribution in [0.15, 0.2) is 361 Å². The minimum absolute atomic E-state index is 0.516. The van der Waals surface area contributed by atoms with Crippen LogP contribution in [0.3, 0.4) is 0 Å². The Bertz CT molecular complexity index is 8880. The first-order valence-electron chi connectivity index (χ1n) is 39.6. The van der Waals surface area contributed by atoms with E-state index in [9.17, 15) is 0 Å². The lowest BCUT2D eigenvalue weighted by atomic mass is 9.98. The lowest BCUT2D eigenvalue weighted by Gasteiger charge is -2.16. The van der Waals surface area contributed by atoms with Crippen molar-refractivity contribution in [3.8, 4) is 90.8 Å². The molecule has 0 unspecified atom stereocenters. The molecule has 26 aromatic rings. The molecule has 18 aromatic carbocycles. The molecule has 26 rings (SSSR count). The molecule has 0 radical (unpaired) electrons. The number of fused-ring (bicyclic) bond motifs is 22. The molecule has 0 spiro atoms. The summed E-state index contributed by atoms with van der Waals surface area (Å²) in [5.74, 6) is 3.29. The van der Waals surface area contributed by atoms with Crippen molar-refractivity contribution >= 4 is 194 Å². The number of hydrogen-bond acceptors (Lipinski definition) is 10. The van der Waals surface area contributed by atoms with Gasteiger partial charge in [0.15, 0.2) is 34.9 Å². The molecule has 0 aliphatic rings. The van der Waals surface area contributed by atoms with Gasteiger partial charge < -0.3 is 18.0 Å². The van der Waals surface area contributed by atoms with Crippen molar-refractivity contribution in [2.24, 2.45) is 0 Å². The maximum atomic E-state index is 7.44. The van der Waals surface area contributed by atoms with Gasteiger partial charge in [-0.3, -0.25) is 0 Å². The number of rotatable bonds is 9. The Hall–Kier alpha value is -15.3. The van der Waals surface area contributed by atoms with E-state index >= 15 is 0 Å². The van der Waals surface area contributed by atoms with Gasteiger partial charge in [0, 0.05) is 122 Å². The van der Waals surface area contributed by atoms with E-state index in [2.05, 4.69) is 349 Å². The molecule has 0 saturated heterocycles. The van der Waals surface area contributed by atoms with Gasteiger partial charge >= 0.3 is 0 Å². The van der Waals surface area contributed by atoms with Crippen LogP contribution in [-0.4, -0.2) is 39.0 Å². The molecule has 0 fully saturated rings. The number of nitrogens with zero attached hydrogens (tertiary/aromatic N) is 8. The number of furan rings is 2. The summed E-state index contributed by atoms with van der Waals surface area (Å²) in [6.45, 7) is 0.